The zero-order chi connectivity index (χ0) is 13.8. The SMILES string of the molecule is CCNC(C1CCOC2(CCSC2)C1)C1COCCO1. The van der Waals surface area contributed by atoms with Crippen molar-refractivity contribution in [1.82, 2.24) is 5.32 Å². The summed E-state index contributed by atoms with van der Waals surface area (Å²) in [5.41, 5.74) is 0.150. The van der Waals surface area contributed by atoms with Gasteiger partial charge in [0.05, 0.1) is 31.5 Å². The van der Waals surface area contributed by atoms with Gasteiger partial charge in [0.15, 0.2) is 0 Å². The van der Waals surface area contributed by atoms with Crippen molar-refractivity contribution in [3.8, 4) is 0 Å². The van der Waals surface area contributed by atoms with Crippen molar-refractivity contribution >= 4 is 11.8 Å². The largest absolute Gasteiger partial charge is 0.376 e. The van der Waals surface area contributed by atoms with Crippen LogP contribution in [0.15, 0.2) is 0 Å². The van der Waals surface area contributed by atoms with Crippen LogP contribution in [0, 0.1) is 5.92 Å². The molecule has 0 amide bonds. The molecule has 0 aromatic rings. The fourth-order valence-corrected chi connectivity index (χ4v) is 5.16. The molecule has 116 valence electrons. The van der Waals surface area contributed by atoms with E-state index in [1.54, 1.807) is 0 Å². The number of hydrogen-bond donors (Lipinski definition) is 1. The minimum Gasteiger partial charge on any atom is -0.376 e. The fraction of sp³-hybridized carbons (Fsp3) is 1.00. The Kier molecular flexibility index (Phi) is 5.26. The van der Waals surface area contributed by atoms with E-state index in [9.17, 15) is 0 Å². The average molecular weight is 301 g/mol. The summed E-state index contributed by atoms with van der Waals surface area (Å²) < 4.78 is 17.7. The minimum absolute atomic E-state index is 0.150. The van der Waals surface area contributed by atoms with Crippen LogP contribution in [0.5, 0.6) is 0 Å². The maximum Gasteiger partial charge on any atom is 0.0964 e. The predicted octanol–water partition coefficient (Wildman–Crippen LogP) is 1.68. The molecule has 20 heavy (non-hydrogen) atoms. The molecule has 1 N–H and O–H groups in total. The van der Waals surface area contributed by atoms with Crippen LogP contribution in [0.2, 0.25) is 0 Å². The average Bonchev–Trinajstić information content (AvgIpc) is 2.93. The van der Waals surface area contributed by atoms with Gasteiger partial charge in [-0.3, -0.25) is 0 Å². The molecule has 0 aromatic heterocycles. The molecule has 3 aliphatic rings. The van der Waals surface area contributed by atoms with Crippen molar-refractivity contribution in [3.05, 3.63) is 0 Å². The predicted molar refractivity (Wildman–Crippen MR) is 81.4 cm³/mol. The molecule has 1 spiro atoms. The second kappa shape index (κ2) is 6.97. The summed E-state index contributed by atoms with van der Waals surface area (Å²) in [5, 5.41) is 3.66. The van der Waals surface area contributed by atoms with Gasteiger partial charge in [-0.25, -0.2) is 0 Å². The Labute approximate surface area is 126 Å². The lowest BCUT2D eigenvalue weighted by Gasteiger charge is -2.43. The Hall–Kier alpha value is 0.190. The summed E-state index contributed by atoms with van der Waals surface area (Å²) in [6, 6.07) is 0.409. The van der Waals surface area contributed by atoms with Crippen LogP contribution in [-0.2, 0) is 14.2 Å². The van der Waals surface area contributed by atoms with E-state index in [1.807, 2.05) is 11.8 Å². The van der Waals surface area contributed by atoms with E-state index in [-0.39, 0.29) is 11.7 Å². The molecule has 3 heterocycles. The van der Waals surface area contributed by atoms with Gasteiger partial charge in [-0.05, 0) is 37.5 Å². The third-order valence-electron chi connectivity index (χ3n) is 4.79. The summed E-state index contributed by atoms with van der Waals surface area (Å²) in [6.07, 6.45) is 3.74. The summed E-state index contributed by atoms with van der Waals surface area (Å²) in [5.74, 6) is 3.07. The molecule has 0 aromatic carbocycles. The molecule has 3 saturated heterocycles. The van der Waals surface area contributed by atoms with Crippen LogP contribution in [0.3, 0.4) is 0 Å². The van der Waals surface area contributed by atoms with Crippen LogP contribution in [0.1, 0.15) is 26.2 Å². The number of ether oxygens (including phenoxy) is 3. The first-order valence-electron chi connectivity index (χ1n) is 7.97. The molecular weight excluding hydrogens is 274 g/mol. The molecule has 0 radical (unpaired) electrons. The van der Waals surface area contributed by atoms with E-state index in [1.165, 1.54) is 24.3 Å². The Morgan fingerprint density at radius 3 is 3.00 bits per heavy atom. The zero-order valence-electron chi connectivity index (χ0n) is 12.4. The lowest BCUT2D eigenvalue weighted by molar-refractivity contribution is -0.131. The van der Waals surface area contributed by atoms with Crippen molar-refractivity contribution in [3.63, 3.8) is 0 Å². The van der Waals surface area contributed by atoms with Crippen LogP contribution in [0.25, 0.3) is 0 Å². The highest BCUT2D eigenvalue weighted by atomic mass is 32.2. The summed E-state index contributed by atoms with van der Waals surface area (Å²) in [4.78, 5) is 0. The molecule has 3 rings (SSSR count). The van der Waals surface area contributed by atoms with E-state index >= 15 is 0 Å². The van der Waals surface area contributed by atoms with Gasteiger partial charge in [0.1, 0.15) is 0 Å². The number of nitrogens with one attached hydrogen (secondary N) is 1. The molecule has 3 fully saturated rings. The number of thioether (sulfide) groups is 1. The lowest BCUT2D eigenvalue weighted by Crippen LogP contribution is -2.54. The van der Waals surface area contributed by atoms with Crippen molar-refractivity contribution in [1.29, 1.82) is 0 Å². The number of rotatable bonds is 4. The number of hydrogen-bond acceptors (Lipinski definition) is 5. The Balaban J connectivity index is 1.66. The van der Waals surface area contributed by atoms with E-state index in [0.717, 1.165) is 39.4 Å². The highest BCUT2D eigenvalue weighted by Gasteiger charge is 2.44. The smallest absolute Gasteiger partial charge is 0.0964 e. The maximum atomic E-state index is 6.15. The molecular formula is C15H27NO3S. The van der Waals surface area contributed by atoms with Gasteiger partial charge >= 0.3 is 0 Å². The first kappa shape index (κ1) is 15.1. The monoisotopic (exact) mass is 301 g/mol. The molecule has 0 bridgehead atoms. The van der Waals surface area contributed by atoms with Crippen LogP contribution >= 0.6 is 11.8 Å². The third-order valence-corrected chi connectivity index (χ3v) is 6.01. The van der Waals surface area contributed by atoms with Gasteiger partial charge in [0.2, 0.25) is 0 Å². The Morgan fingerprint density at radius 1 is 1.35 bits per heavy atom. The van der Waals surface area contributed by atoms with E-state index in [0.29, 0.717) is 12.0 Å². The van der Waals surface area contributed by atoms with Gasteiger partial charge in [0.25, 0.3) is 0 Å². The van der Waals surface area contributed by atoms with Gasteiger partial charge in [0, 0.05) is 18.4 Å². The topological polar surface area (TPSA) is 39.7 Å². The lowest BCUT2D eigenvalue weighted by atomic mass is 9.79. The van der Waals surface area contributed by atoms with Crippen molar-refractivity contribution in [2.45, 2.75) is 43.9 Å². The summed E-state index contributed by atoms with van der Waals surface area (Å²) in [6.45, 7) is 6.28. The first-order chi connectivity index (χ1) is 9.83. The summed E-state index contributed by atoms with van der Waals surface area (Å²) in [7, 11) is 0. The van der Waals surface area contributed by atoms with E-state index in [2.05, 4.69) is 12.2 Å². The van der Waals surface area contributed by atoms with Gasteiger partial charge < -0.3 is 19.5 Å². The zero-order valence-corrected chi connectivity index (χ0v) is 13.3. The summed E-state index contributed by atoms with van der Waals surface area (Å²) >= 11 is 2.04. The molecule has 0 aliphatic carbocycles. The molecule has 0 saturated carbocycles. The molecule has 5 heteroatoms. The second-order valence-electron chi connectivity index (χ2n) is 6.15. The highest BCUT2D eigenvalue weighted by molar-refractivity contribution is 7.99. The minimum atomic E-state index is 0.150. The molecule has 4 unspecified atom stereocenters. The van der Waals surface area contributed by atoms with Gasteiger partial charge in [-0.2, -0.15) is 11.8 Å². The Morgan fingerprint density at radius 2 is 2.30 bits per heavy atom. The molecule has 4 nitrogen and oxygen atoms in total. The molecule has 3 aliphatic heterocycles. The third kappa shape index (κ3) is 3.33. The standard InChI is InChI=1S/C15H27NO3S/c1-2-16-14(13-10-17-6-7-18-13)12-3-5-19-15(9-12)4-8-20-11-15/h12-14,16H,2-11H2,1H3. The fourth-order valence-electron chi connectivity index (χ4n) is 3.79. The quantitative estimate of drug-likeness (QED) is 0.855. The first-order valence-corrected chi connectivity index (χ1v) is 9.13. The van der Waals surface area contributed by atoms with Crippen LogP contribution < -0.4 is 5.32 Å². The van der Waals surface area contributed by atoms with Crippen LogP contribution in [0.4, 0.5) is 0 Å². The van der Waals surface area contributed by atoms with Gasteiger partial charge in [-0.1, -0.05) is 6.92 Å². The second-order valence-corrected chi connectivity index (χ2v) is 7.26. The van der Waals surface area contributed by atoms with E-state index < -0.39 is 0 Å². The van der Waals surface area contributed by atoms with Crippen molar-refractivity contribution < 1.29 is 14.2 Å². The Bertz CT molecular complexity index is 303. The maximum absolute atomic E-state index is 6.15. The van der Waals surface area contributed by atoms with Crippen molar-refractivity contribution in [2.75, 3.05) is 44.5 Å². The highest BCUT2D eigenvalue weighted by Crippen LogP contribution is 2.41. The van der Waals surface area contributed by atoms with Crippen LogP contribution in [-0.4, -0.2) is 62.2 Å². The van der Waals surface area contributed by atoms with E-state index in [4.69, 9.17) is 14.2 Å². The van der Waals surface area contributed by atoms with Gasteiger partial charge in [-0.15, -0.1) is 0 Å². The van der Waals surface area contributed by atoms with Crippen molar-refractivity contribution in [2.24, 2.45) is 5.92 Å². The molecule has 4 atom stereocenters. The number of likely N-dealkylation sites (N-methyl/N-ethyl adjacent to an activating group) is 1. The normalized spacial score (nSPS) is 40.0.